The number of thiazole rings is 1. The molecule has 1 aromatic rings. The van der Waals surface area contributed by atoms with Gasteiger partial charge in [-0.1, -0.05) is 0 Å². The molecular formula is C15H24N2OS. The molecule has 4 heteroatoms. The summed E-state index contributed by atoms with van der Waals surface area (Å²) in [5, 5.41) is 5.05. The summed E-state index contributed by atoms with van der Waals surface area (Å²) in [6, 6.07) is 0.462. The topological polar surface area (TPSA) is 34.2 Å². The number of hydrogen-bond acceptors (Lipinski definition) is 4. The van der Waals surface area contributed by atoms with Crippen LogP contribution in [-0.2, 0) is 23.1 Å². The highest BCUT2D eigenvalue weighted by Crippen LogP contribution is 2.40. The first-order valence-electron chi connectivity index (χ1n) is 7.44. The van der Waals surface area contributed by atoms with Crippen molar-refractivity contribution in [2.24, 2.45) is 5.92 Å². The predicted octanol–water partition coefficient (Wildman–Crippen LogP) is 2.88. The zero-order valence-electron chi connectivity index (χ0n) is 12.2. The van der Waals surface area contributed by atoms with Gasteiger partial charge in [0.2, 0.25) is 0 Å². The molecule has 0 bridgehead atoms. The van der Waals surface area contributed by atoms with Gasteiger partial charge in [-0.05, 0) is 46.5 Å². The molecule has 3 nitrogen and oxygen atoms in total. The minimum Gasteiger partial charge on any atom is -0.381 e. The van der Waals surface area contributed by atoms with Crippen LogP contribution in [0.4, 0.5) is 0 Å². The van der Waals surface area contributed by atoms with E-state index in [2.05, 4.69) is 26.1 Å². The van der Waals surface area contributed by atoms with Gasteiger partial charge in [0.1, 0.15) is 5.01 Å². The Kier molecular flexibility index (Phi) is 3.67. The molecule has 1 fully saturated rings. The van der Waals surface area contributed by atoms with Crippen LogP contribution in [0.15, 0.2) is 0 Å². The van der Waals surface area contributed by atoms with Gasteiger partial charge >= 0.3 is 0 Å². The number of aromatic nitrogens is 1. The lowest BCUT2D eigenvalue weighted by molar-refractivity contribution is 0.147. The molecule has 2 heterocycles. The number of ether oxygens (including phenoxy) is 1. The fraction of sp³-hybridized carbons (Fsp3) is 0.800. The molecule has 1 aromatic heterocycles. The predicted molar refractivity (Wildman–Crippen MR) is 78.7 cm³/mol. The Labute approximate surface area is 119 Å². The first kappa shape index (κ1) is 13.5. The van der Waals surface area contributed by atoms with Gasteiger partial charge in [0.25, 0.3) is 0 Å². The maximum Gasteiger partial charge on any atom is 0.113 e. The second-order valence-corrected chi connectivity index (χ2v) is 7.39. The largest absolute Gasteiger partial charge is 0.381 e. The third-order valence-electron chi connectivity index (χ3n) is 4.37. The fourth-order valence-corrected chi connectivity index (χ4v) is 4.70. The van der Waals surface area contributed by atoms with Gasteiger partial charge in [0.05, 0.1) is 17.8 Å². The monoisotopic (exact) mass is 280 g/mol. The fourth-order valence-electron chi connectivity index (χ4n) is 3.36. The SMILES string of the molecule is CC(C)NC(C)(c1nc2c(s1)CCC2)C1CCOC1. The Morgan fingerprint density at radius 3 is 2.89 bits per heavy atom. The van der Waals surface area contributed by atoms with Crippen molar-refractivity contribution in [2.45, 2.75) is 58.0 Å². The van der Waals surface area contributed by atoms with Crippen molar-refractivity contribution in [1.82, 2.24) is 10.3 Å². The molecule has 0 radical (unpaired) electrons. The van der Waals surface area contributed by atoms with Crippen molar-refractivity contribution in [3.63, 3.8) is 0 Å². The molecule has 0 aromatic carbocycles. The summed E-state index contributed by atoms with van der Waals surface area (Å²) in [4.78, 5) is 6.48. The van der Waals surface area contributed by atoms with E-state index in [1.54, 1.807) is 0 Å². The van der Waals surface area contributed by atoms with E-state index in [9.17, 15) is 0 Å². The van der Waals surface area contributed by atoms with Crippen molar-refractivity contribution >= 4 is 11.3 Å². The average Bonchev–Trinajstić information content (AvgIpc) is 3.04. The van der Waals surface area contributed by atoms with Crippen LogP contribution in [0.5, 0.6) is 0 Å². The van der Waals surface area contributed by atoms with Crippen LogP contribution in [-0.4, -0.2) is 24.2 Å². The highest BCUT2D eigenvalue weighted by molar-refractivity contribution is 7.12. The number of nitrogens with one attached hydrogen (secondary N) is 1. The van der Waals surface area contributed by atoms with Crippen LogP contribution in [0, 0.1) is 5.92 Å². The number of aryl methyl sites for hydroxylation is 2. The third kappa shape index (κ3) is 2.46. The first-order valence-corrected chi connectivity index (χ1v) is 8.25. The molecule has 0 saturated carbocycles. The Morgan fingerprint density at radius 1 is 1.42 bits per heavy atom. The minimum absolute atomic E-state index is 0.0281. The molecule has 2 unspecified atom stereocenters. The Hall–Kier alpha value is -0.450. The molecule has 1 aliphatic heterocycles. The zero-order valence-corrected chi connectivity index (χ0v) is 13.0. The standard InChI is InChI=1S/C15H24N2OS/c1-10(2)17-15(3,11-7-8-18-9-11)14-16-12-5-4-6-13(12)19-14/h10-11,17H,4-9H2,1-3H3. The van der Waals surface area contributed by atoms with E-state index in [0.29, 0.717) is 12.0 Å². The van der Waals surface area contributed by atoms with Crippen LogP contribution < -0.4 is 5.32 Å². The van der Waals surface area contributed by atoms with Crippen LogP contribution in [0.1, 0.15) is 49.2 Å². The molecule has 3 rings (SSSR count). The summed E-state index contributed by atoms with van der Waals surface area (Å²) in [5.74, 6) is 0.543. The first-order chi connectivity index (χ1) is 9.09. The van der Waals surface area contributed by atoms with E-state index < -0.39 is 0 Å². The summed E-state index contributed by atoms with van der Waals surface area (Å²) in [7, 11) is 0. The van der Waals surface area contributed by atoms with Gasteiger partial charge in [0.15, 0.2) is 0 Å². The van der Waals surface area contributed by atoms with Crippen LogP contribution >= 0.6 is 11.3 Å². The van der Waals surface area contributed by atoms with E-state index in [4.69, 9.17) is 9.72 Å². The van der Waals surface area contributed by atoms with E-state index in [-0.39, 0.29) is 5.54 Å². The van der Waals surface area contributed by atoms with E-state index in [1.807, 2.05) is 11.3 Å². The number of nitrogens with zero attached hydrogens (tertiary/aromatic N) is 1. The van der Waals surface area contributed by atoms with Crippen molar-refractivity contribution in [1.29, 1.82) is 0 Å². The molecule has 0 spiro atoms. The lowest BCUT2D eigenvalue weighted by Gasteiger charge is -2.36. The Balaban J connectivity index is 1.92. The summed E-state index contributed by atoms with van der Waals surface area (Å²) >= 11 is 1.93. The molecule has 2 atom stereocenters. The minimum atomic E-state index is -0.0281. The van der Waals surface area contributed by atoms with E-state index in [0.717, 1.165) is 19.6 Å². The molecule has 2 aliphatic rings. The zero-order chi connectivity index (χ0) is 13.5. The number of fused-ring (bicyclic) bond motifs is 1. The summed E-state index contributed by atoms with van der Waals surface area (Å²) in [6.45, 7) is 8.51. The van der Waals surface area contributed by atoms with Gasteiger partial charge in [-0.2, -0.15) is 0 Å². The third-order valence-corrected chi connectivity index (χ3v) is 5.77. The van der Waals surface area contributed by atoms with Crippen LogP contribution in [0.2, 0.25) is 0 Å². The summed E-state index contributed by atoms with van der Waals surface area (Å²) < 4.78 is 5.62. The Bertz CT molecular complexity index is 429. The van der Waals surface area contributed by atoms with Gasteiger partial charge in [-0.25, -0.2) is 4.98 Å². The molecular weight excluding hydrogens is 256 g/mol. The smallest absolute Gasteiger partial charge is 0.113 e. The highest BCUT2D eigenvalue weighted by atomic mass is 32.1. The molecule has 1 aliphatic carbocycles. The second-order valence-electron chi connectivity index (χ2n) is 6.30. The van der Waals surface area contributed by atoms with Crippen LogP contribution in [0.25, 0.3) is 0 Å². The van der Waals surface area contributed by atoms with Gasteiger partial charge in [-0.3, -0.25) is 0 Å². The second kappa shape index (κ2) is 5.15. The van der Waals surface area contributed by atoms with Gasteiger partial charge < -0.3 is 10.1 Å². The van der Waals surface area contributed by atoms with Crippen molar-refractivity contribution in [2.75, 3.05) is 13.2 Å². The Morgan fingerprint density at radius 2 is 2.26 bits per heavy atom. The number of rotatable bonds is 4. The quantitative estimate of drug-likeness (QED) is 0.921. The lowest BCUT2D eigenvalue weighted by Crippen LogP contribution is -2.49. The summed E-state index contributed by atoms with van der Waals surface area (Å²) in [6.07, 6.45) is 4.83. The molecule has 1 saturated heterocycles. The lowest BCUT2D eigenvalue weighted by atomic mass is 9.84. The molecule has 106 valence electrons. The van der Waals surface area contributed by atoms with Crippen molar-refractivity contribution < 1.29 is 4.74 Å². The van der Waals surface area contributed by atoms with E-state index in [1.165, 1.54) is 34.8 Å². The van der Waals surface area contributed by atoms with E-state index >= 15 is 0 Å². The molecule has 0 amide bonds. The molecule has 1 N–H and O–H groups in total. The molecule has 19 heavy (non-hydrogen) atoms. The highest BCUT2D eigenvalue weighted by Gasteiger charge is 2.41. The number of hydrogen-bond donors (Lipinski definition) is 1. The summed E-state index contributed by atoms with van der Waals surface area (Å²) in [5.41, 5.74) is 1.33. The van der Waals surface area contributed by atoms with Crippen molar-refractivity contribution in [3.05, 3.63) is 15.6 Å². The van der Waals surface area contributed by atoms with Crippen molar-refractivity contribution in [3.8, 4) is 0 Å². The van der Waals surface area contributed by atoms with Gasteiger partial charge in [-0.15, -0.1) is 11.3 Å². The van der Waals surface area contributed by atoms with Gasteiger partial charge in [0, 0.05) is 23.4 Å². The normalized spacial score (nSPS) is 25.8. The average molecular weight is 280 g/mol. The maximum absolute atomic E-state index is 5.62. The maximum atomic E-state index is 5.62. The van der Waals surface area contributed by atoms with Crippen LogP contribution in [0.3, 0.4) is 0 Å².